The fourth-order valence-corrected chi connectivity index (χ4v) is 1.44. The number of sulfone groups is 1. The molecule has 0 fully saturated rings. The van der Waals surface area contributed by atoms with Crippen LogP contribution in [0.4, 0.5) is 4.79 Å². The molecular formula is C7H13ClN2O4S. The maximum absolute atomic E-state index is 11.0. The molecule has 0 aromatic heterocycles. The zero-order valence-electron chi connectivity index (χ0n) is 8.25. The Balaban J connectivity index is 3.79. The Morgan fingerprint density at radius 2 is 1.93 bits per heavy atom. The van der Waals surface area contributed by atoms with Crippen molar-refractivity contribution in [2.24, 2.45) is 0 Å². The van der Waals surface area contributed by atoms with Crippen LogP contribution in [0.5, 0.6) is 0 Å². The van der Waals surface area contributed by atoms with Gasteiger partial charge in [-0.25, -0.2) is 13.2 Å². The summed E-state index contributed by atoms with van der Waals surface area (Å²) < 4.78 is 22.0. The maximum Gasteiger partial charge on any atom is 0.321 e. The maximum atomic E-state index is 11.0. The average Bonchev–Trinajstić information content (AvgIpc) is 2.17. The molecule has 6 nitrogen and oxygen atoms in total. The van der Waals surface area contributed by atoms with Crippen molar-refractivity contribution < 1.29 is 18.0 Å². The number of amides is 3. The van der Waals surface area contributed by atoms with Crippen LogP contribution in [-0.4, -0.2) is 44.3 Å². The molecule has 0 atom stereocenters. The third kappa shape index (κ3) is 7.15. The highest BCUT2D eigenvalue weighted by atomic mass is 35.5. The van der Waals surface area contributed by atoms with E-state index < -0.39 is 21.8 Å². The Morgan fingerprint density at radius 1 is 1.33 bits per heavy atom. The van der Waals surface area contributed by atoms with Crippen molar-refractivity contribution >= 4 is 33.4 Å². The van der Waals surface area contributed by atoms with E-state index in [2.05, 4.69) is 5.32 Å². The van der Waals surface area contributed by atoms with Crippen molar-refractivity contribution in [2.75, 3.05) is 23.9 Å². The molecule has 2 N–H and O–H groups in total. The second-order valence-electron chi connectivity index (χ2n) is 2.67. The van der Waals surface area contributed by atoms with E-state index in [9.17, 15) is 18.0 Å². The van der Waals surface area contributed by atoms with Crippen molar-refractivity contribution in [3.8, 4) is 0 Å². The van der Waals surface area contributed by atoms with Crippen LogP contribution < -0.4 is 10.6 Å². The molecule has 0 saturated carbocycles. The number of urea groups is 1. The molecule has 0 aliphatic heterocycles. The van der Waals surface area contributed by atoms with Gasteiger partial charge in [-0.15, -0.1) is 11.6 Å². The van der Waals surface area contributed by atoms with Crippen molar-refractivity contribution in [3.63, 3.8) is 0 Å². The first-order chi connectivity index (χ1) is 6.91. The first-order valence-corrected chi connectivity index (χ1v) is 6.61. The summed E-state index contributed by atoms with van der Waals surface area (Å²) in [4.78, 5) is 21.5. The molecule has 0 heterocycles. The van der Waals surface area contributed by atoms with E-state index in [1.807, 2.05) is 5.32 Å². The lowest BCUT2D eigenvalue weighted by Gasteiger charge is -2.05. The van der Waals surface area contributed by atoms with Gasteiger partial charge < -0.3 is 5.32 Å². The fraction of sp³-hybridized carbons (Fsp3) is 0.714. The summed E-state index contributed by atoms with van der Waals surface area (Å²) in [6.45, 7) is 1.49. The van der Waals surface area contributed by atoms with Crippen LogP contribution in [0, 0.1) is 0 Å². The Bertz CT molecular complexity index is 328. The highest BCUT2D eigenvalue weighted by Gasteiger charge is 2.09. The number of imide groups is 1. The predicted octanol–water partition coefficient (Wildman–Crippen LogP) is -0.514. The van der Waals surface area contributed by atoms with E-state index in [1.165, 1.54) is 6.92 Å². The molecule has 0 spiro atoms. The van der Waals surface area contributed by atoms with Crippen molar-refractivity contribution in [1.82, 2.24) is 10.6 Å². The molecule has 0 unspecified atom stereocenters. The quantitative estimate of drug-likeness (QED) is 0.648. The molecule has 0 aromatic rings. The highest BCUT2D eigenvalue weighted by Crippen LogP contribution is 1.86. The average molecular weight is 257 g/mol. The Labute approximate surface area is 93.3 Å². The standard InChI is InChI=1S/C7H13ClN2O4S/c1-2-15(13,14)4-3-9-7(12)10-6(11)5-8/h2-5H2,1H3,(H2,9,10,11,12). The van der Waals surface area contributed by atoms with E-state index in [0.29, 0.717) is 0 Å². The zero-order chi connectivity index (χ0) is 11.9. The molecule has 0 aliphatic rings. The first-order valence-electron chi connectivity index (χ1n) is 4.25. The topological polar surface area (TPSA) is 92.3 Å². The zero-order valence-corrected chi connectivity index (χ0v) is 9.82. The van der Waals surface area contributed by atoms with Gasteiger partial charge in [0.15, 0.2) is 9.84 Å². The van der Waals surface area contributed by atoms with E-state index in [0.717, 1.165) is 0 Å². The molecule has 88 valence electrons. The molecule has 15 heavy (non-hydrogen) atoms. The molecule has 0 bridgehead atoms. The van der Waals surface area contributed by atoms with E-state index in [4.69, 9.17) is 11.6 Å². The van der Waals surface area contributed by atoms with Crippen LogP contribution >= 0.6 is 11.6 Å². The van der Waals surface area contributed by atoms with Crippen molar-refractivity contribution in [2.45, 2.75) is 6.92 Å². The van der Waals surface area contributed by atoms with Gasteiger partial charge in [0.2, 0.25) is 5.91 Å². The molecular weight excluding hydrogens is 244 g/mol. The van der Waals surface area contributed by atoms with Gasteiger partial charge in [-0.1, -0.05) is 6.92 Å². The van der Waals surface area contributed by atoms with Gasteiger partial charge in [0.05, 0.1) is 5.75 Å². The monoisotopic (exact) mass is 256 g/mol. The minimum atomic E-state index is -3.10. The van der Waals surface area contributed by atoms with Gasteiger partial charge in [0, 0.05) is 12.3 Å². The normalized spacial score (nSPS) is 10.8. The van der Waals surface area contributed by atoms with E-state index >= 15 is 0 Å². The minimum Gasteiger partial charge on any atom is -0.337 e. The van der Waals surface area contributed by atoms with Crippen LogP contribution in [0.15, 0.2) is 0 Å². The van der Waals surface area contributed by atoms with Gasteiger partial charge in [-0.3, -0.25) is 10.1 Å². The molecule has 0 aromatic carbocycles. The number of hydrogen-bond donors (Lipinski definition) is 2. The summed E-state index contributed by atoms with van der Waals surface area (Å²) in [5, 5.41) is 4.15. The molecule has 0 aliphatic carbocycles. The van der Waals surface area contributed by atoms with Gasteiger partial charge in [-0.05, 0) is 0 Å². The van der Waals surface area contributed by atoms with E-state index in [1.54, 1.807) is 0 Å². The minimum absolute atomic E-state index is 0.0247. The number of carbonyl (C=O) groups is 2. The Hall–Kier alpha value is -0.820. The summed E-state index contributed by atoms with van der Waals surface area (Å²) in [7, 11) is -3.10. The summed E-state index contributed by atoms with van der Waals surface area (Å²) in [5.74, 6) is -1.07. The number of halogens is 1. The van der Waals surface area contributed by atoms with Crippen molar-refractivity contribution in [1.29, 1.82) is 0 Å². The summed E-state index contributed by atoms with van der Waals surface area (Å²) in [5.41, 5.74) is 0. The molecule has 0 saturated heterocycles. The molecule has 0 radical (unpaired) electrons. The lowest BCUT2D eigenvalue weighted by Crippen LogP contribution is -2.41. The number of carbonyl (C=O) groups excluding carboxylic acids is 2. The van der Waals surface area contributed by atoms with Gasteiger partial charge in [0.25, 0.3) is 0 Å². The second kappa shape index (κ2) is 6.62. The Morgan fingerprint density at radius 3 is 2.40 bits per heavy atom. The van der Waals surface area contributed by atoms with Gasteiger partial charge in [-0.2, -0.15) is 0 Å². The molecule has 0 rings (SSSR count). The third-order valence-corrected chi connectivity index (χ3v) is 3.46. The number of nitrogens with one attached hydrogen (secondary N) is 2. The van der Waals surface area contributed by atoms with Gasteiger partial charge in [0.1, 0.15) is 5.88 Å². The number of hydrogen-bond acceptors (Lipinski definition) is 4. The van der Waals surface area contributed by atoms with Crippen LogP contribution in [0.2, 0.25) is 0 Å². The largest absolute Gasteiger partial charge is 0.337 e. The summed E-state index contributed by atoms with van der Waals surface area (Å²) in [6.07, 6.45) is 0. The predicted molar refractivity (Wildman–Crippen MR) is 56.6 cm³/mol. The summed E-state index contributed by atoms with van der Waals surface area (Å²) in [6, 6.07) is -0.744. The lowest BCUT2D eigenvalue weighted by molar-refractivity contribution is -0.117. The van der Waals surface area contributed by atoms with Crippen LogP contribution in [0.1, 0.15) is 6.92 Å². The first kappa shape index (κ1) is 14.2. The molecule has 3 amide bonds. The highest BCUT2D eigenvalue weighted by molar-refractivity contribution is 7.91. The van der Waals surface area contributed by atoms with Crippen LogP contribution in [-0.2, 0) is 14.6 Å². The smallest absolute Gasteiger partial charge is 0.321 e. The van der Waals surface area contributed by atoms with Crippen LogP contribution in [0.25, 0.3) is 0 Å². The fourth-order valence-electron chi connectivity index (χ4n) is 0.669. The second-order valence-corrected chi connectivity index (χ2v) is 5.41. The number of alkyl halides is 1. The van der Waals surface area contributed by atoms with Crippen LogP contribution in [0.3, 0.4) is 0 Å². The van der Waals surface area contributed by atoms with E-state index in [-0.39, 0.29) is 23.9 Å². The van der Waals surface area contributed by atoms with Crippen molar-refractivity contribution in [3.05, 3.63) is 0 Å². The lowest BCUT2D eigenvalue weighted by atomic mass is 10.6. The molecule has 8 heteroatoms. The third-order valence-electron chi connectivity index (χ3n) is 1.51. The summed E-state index contributed by atoms with van der Waals surface area (Å²) >= 11 is 5.14. The SMILES string of the molecule is CCS(=O)(=O)CCNC(=O)NC(=O)CCl. The Kier molecular flexibility index (Phi) is 6.26. The number of rotatable bonds is 5. The van der Waals surface area contributed by atoms with Gasteiger partial charge >= 0.3 is 6.03 Å².